The highest BCUT2D eigenvalue weighted by molar-refractivity contribution is 7.89. The van der Waals surface area contributed by atoms with Crippen LogP contribution in [-0.4, -0.2) is 26.8 Å². The lowest BCUT2D eigenvalue weighted by Crippen LogP contribution is -2.26. The van der Waals surface area contributed by atoms with E-state index in [1.165, 1.54) is 55.5 Å². The summed E-state index contributed by atoms with van der Waals surface area (Å²) in [5.74, 6) is -1.23. The number of hydrogen-bond acceptors (Lipinski definition) is 5. The Hall–Kier alpha value is -2.78. The minimum atomic E-state index is -3.79. The Kier molecular flexibility index (Phi) is 7.03. The molecule has 2 rings (SSSR count). The van der Waals surface area contributed by atoms with E-state index < -0.39 is 16.0 Å². The molecular formula is C18H19FN2O5S. The van der Waals surface area contributed by atoms with E-state index >= 15 is 0 Å². The van der Waals surface area contributed by atoms with Gasteiger partial charge in [0.1, 0.15) is 12.4 Å². The highest BCUT2D eigenvalue weighted by Crippen LogP contribution is 2.14. The predicted octanol–water partition coefficient (Wildman–Crippen LogP) is 2.20. The Labute approximate surface area is 156 Å². The summed E-state index contributed by atoms with van der Waals surface area (Å²) in [5, 5.41) is 2.54. The van der Waals surface area contributed by atoms with Crippen molar-refractivity contribution in [2.45, 2.75) is 24.8 Å². The maximum atomic E-state index is 12.8. The number of hydrogen-bond donors (Lipinski definition) is 2. The quantitative estimate of drug-likeness (QED) is 0.669. The minimum Gasteiger partial charge on any atom is -0.461 e. The van der Waals surface area contributed by atoms with Crippen LogP contribution in [0, 0.1) is 5.82 Å². The molecule has 0 aliphatic rings. The first kappa shape index (κ1) is 20.5. The molecule has 7 nitrogen and oxygen atoms in total. The van der Waals surface area contributed by atoms with Gasteiger partial charge in [0.15, 0.2) is 0 Å². The van der Waals surface area contributed by atoms with Gasteiger partial charge >= 0.3 is 5.97 Å². The van der Waals surface area contributed by atoms with Crippen LogP contribution in [0.4, 0.5) is 10.1 Å². The van der Waals surface area contributed by atoms with Crippen molar-refractivity contribution in [3.63, 3.8) is 0 Å². The molecule has 2 N–H and O–H groups in total. The topological polar surface area (TPSA) is 102 Å². The number of amides is 1. The Balaban J connectivity index is 1.79. The lowest BCUT2D eigenvalue weighted by molar-refractivity contribution is -0.144. The van der Waals surface area contributed by atoms with E-state index in [0.717, 1.165) is 0 Å². The van der Waals surface area contributed by atoms with Crippen molar-refractivity contribution in [2.24, 2.45) is 0 Å². The van der Waals surface area contributed by atoms with Crippen LogP contribution in [-0.2, 0) is 31.0 Å². The van der Waals surface area contributed by atoms with Gasteiger partial charge in [0.25, 0.3) is 0 Å². The van der Waals surface area contributed by atoms with E-state index in [-0.39, 0.29) is 36.2 Å². The van der Waals surface area contributed by atoms with Gasteiger partial charge in [-0.15, -0.1) is 0 Å². The summed E-state index contributed by atoms with van der Waals surface area (Å²) in [7, 11) is -3.79. The number of ether oxygens (including phenoxy) is 1. The van der Waals surface area contributed by atoms with Crippen LogP contribution < -0.4 is 10.0 Å². The van der Waals surface area contributed by atoms with E-state index in [9.17, 15) is 22.4 Å². The second kappa shape index (κ2) is 9.24. The van der Waals surface area contributed by atoms with Crippen molar-refractivity contribution < 1.29 is 27.1 Å². The molecule has 0 radical (unpaired) electrons. The molecule has 0 heterocycles. The van der Waals surface area contributed by atoms with Crippen LogP contribution in [0.15, 0.2) is 53.4 Å². The van der Waals surface area contributed by atoms with Gasteiger partial charge in [-0.2, -0.15) is 0 Å². The predicted molar refractivity (Wildman–Crippen MR) is 96.7 cm³/mol. The fourth-order valence-electron chi connectivity index (χ4n) is 2.11. The summed E-state index contributed by atoms with van der Waals surface area (Å²) in [4.78, 5) is 22.6. The average molecular weight is 394 g/mol. The van der Waals surface area contributed by atoms with Gasteiger partial charge in [-0.05, 0) is 42.0 Å². The molecule has 27 heavy (non-hydrogen) atoms. The first-order valence-corrected chi connectivity index (χ1v) is 9.52. The molecule has 1 amide bonds. The Morgan fingerprint density at radius 1 is 1.04 bits per heavy atom. The molecule has 0 saturated heterocycles. The third kappa shape index (κ3) is 6.80. The molecule has 144 valence electrons. The molecule has 2 aromatic rings. The van der Waals surface area contributed by atoms with E-state index in [1.54, 1.807) is 0 Å². The fourth-order valence-corrected chi connectivity index (χ4v) is 3.14. The monoisotopic (exact) mass is 394 g/mol. The molecule has 9 heteroatoms. The number of carbonyl (C=O) groups is 2. The van der Waals surface area contributed by atoms with Gasteiger partial charge in [-0.3, -0.25) is 9.59 Å². The standard InChI is InChI=1S/C18H19FN2O5S/c1-13(22)21-16-6-8-17(9-7-16)27(24,25)20-11-10-18(23)26-12-14-2-4-15(19)5-3-14/h2-9,20H,10-12H2,1H3,(H,21,22). The second-order valence-electron chi connectivity index (χ2n) is 5.64. The zero-order chi connectivity index (χ0) is 19.9. The second-order valence-corrected chi connectivity index (χ2v) is 7.41. The summed E-state index contributed by atoms with van der Waals surface area (Å²) in [6.45, 7) is 1.20. The Morgan fingerprint density at radius 3 is 2.26 bits per heavy atom. The highest BCUT2D eigenvalue weighted by Gasteiger charge is 2.14. The zero-order valence-electron chi connectivity index (χ0n) is 14.6. The normalized spacial score (nSPS) is 11.0. The number of carbonyl (C=O) groups excluding carboxylic acids is 2. The van der Waals surface area contributed by atoms with Crippen LogP contribution >= 0.6 is 0 Å². The van der Waals surface area contributed by atoms with Crippen molar-refractivity contribution >= 4 is 27.6 Å². The molecule has 0 atom stereocenters. The molecular weight excluding hydrogens is 375 g/mol. The Morgan fingerprint density at radius 2 is 1.67 bits per heavy atom. The lowest BCUT2D eigenvalue weighted by Gasteiger charge is -2.08. The number of rotatable bonds is 8. The van der Waals surface area contributed by atoms with Crippen LogP contribution in [0.2, 0.25) is 0 Å². The number of esters is 1. The third-order valence-corrected chi connectivity index (χ3v) is 4.90. The molecule has 0 aliphatic carbocycles. The highest BCUT2D eigenvalue weighted by atomic mass is 32.2. The zero-order valence-corrected chi connectivity index (χ0v) is 15.4. The number of sulfonamides is 1. The lowest BCUT2D eigenvalue weighted by atomic mass is 10.2. The first-order valence-electron chi connectivity index (χ1n) is 8.04. The van der Waals surface area contributed by atoms with Gasteiger partial charge < -0.3 is 10.1 Å². The molecule has 2 aromatic carbocycles. The molecule has 0 fully saturated rings. The molecule has 0 bridgehead atoms. The summed E-state index contributed by atoms with van der Waals surface area (Å²) in [6.07, 6.45) is -0.148. The van der Waals surface area contributed by atoms with Gasteiger partial charge in [-0.25, -0.2) is 17.5 Å². The van der Waals surface area contributed by atoms with E-state index in [4.69, 9.17) is 4.74 Å². The third-order valence-electron chi connectivity index (χ3n) is 3.42. The number of nitrogens with one attached hydrogen (secondary N) is 2. The van der Waals surface area contributed by atoms with E-state index in [0.29, 0.717) is 11.3 Å². The summed E-state index contributed by atoms with van der Waals surface area (Å²) in [5.41, 5.74) is 1.11. The molecule has 0 unspecified atom stereocenters. The van der Waals surface area contributed by atoms with Crippen LogP contribution in [0.5, 0.6) is 0 Å². The van der Waals surface area contributed by atoms with Gasteiger partial charge in [-0.1, -0.05) is 12.1 Å². The van der Waals surface area contributed by atoms with Gasteiger partial charge in [0.2, 0.25) is 15.9 Å². The molecule has 0 spiro atoms. The van der Waals surface area contributed by atoms with E-state index in [2.05, 4.69) is 10.0 Å². The number of halogens is 1. The number of anilines is 1. The van der Waals surface area contributed by atoms with Crippen molar-refractivity contribution in [3.05, 3.63) is 59.9 Å². The molecule has 0 saturated carbocycles. The molecule has 0 aliphatic heterocycles. The maximum Gasteiger partial charge on any atom is 0.307 e. The van der Waals surface area contributed by atoms with Crippen LogP contribution in [0.1, 0.15) is 18.9 Å². The molecule has 0 aromatic heterocycles. The minimum absolute atomic E-state index is 0.0104. The average Bonchev–Trinajstić information content (AvgIpc) is 2.61. The summed E-state index contributed by atoms with van der Waals surface area (Å²) < 4.78 is 44.4. The van der Waals surface area contributed by atoms with Crippen molar-refractivity contribution in [1.29, 1.82) is 0 Å². The van der Waals surface area contributed by atoms with Crippen LogP contribution in [0.3, 0.4) is 0 Å². The van der Waals surface area contributed by atoms with Crippen LogP contribution in [0.25, 0.3) is 0 Å². The first-order chi connectivity index (χ1) is 12.8. The fraction of sp³-hybridized carbons (Fsp3) is 0.222. The summed E-state index contributed by atoms with van der Waals surface area (Å²) >= 11 is 0. The van der Waals surface area contributed by atoms with Crippen molar-refractivity contribution in [3.8, 4) is 0 Å². The number of benzene rings is 2. The summed E-state index contributed by atoms with van der Waals surface area (Å²) in [6, 6.07) is 11.1. The smallest absolute Gasteiger partial charge is 0.307 e. The van der Waals surface area contributed by atoms with Gasteiger partial charge in [0, 0.05) is 19.2 Å². The van der Waals surface area contributed by atoms with Gasteiger partial charge in [0.05, 0.1) is 11.3 Å². The SMILES string of the molecule is CC(=O)Nc1ccc(S(=O)(=O)NCCC(=O)OCc2ccc(F)cc2)cc1. The van der Waals surface area contributed by atoms with E-state index in [1.807, 2.05) is 0 Å². The van der Waals surface area contributed by atoms with Crippen molar-refractivity contribution in [1.82, 2.24) is 4.72 Å². The van der Waals surface area contributed by atoms with Crippen molar-refractivity contribution in [2.75, 3.05) is 11.9 Å². The largest absolute Gasteiger partial charge is 0.461 e. The maximum absolute atomic E-state index is 12.8. The Bertz CT molecular complexity index is 896.